The van der Waals surface area contributed by atoms with E-state index in [0.29, 0.717) is 6.42 Å². The Kier molecular flexibility index (Phi) is 5.19. The van der Waals surface area contributed by atoms with E-state index in [-0.39, 0.29) is 35.2 Å². The summed E-state index contributed by atoms with van der Waals surface area (Å²) in [6, 6.07) is 6.82. The lowest BCUT2D eigenvalue weighted by atomic mass is 10.1. The number of hydrogen-bond donors (Lipinski definition) is 3. The van der Waals surface area contributed by atoms with Gasteiger partial charge in [0.25, 0.3) is 5.91 Å². The van der Waals surface area contributed by atoms with Crippen molar-refractivity contribution >= 4 is 21.4 Å². The Bertz CT molecular complexity index is 729. The first-order valence-electron chi connectivity index (χ1n) is 8.74. The highest BCUT2D eigenvalue weighted by molar-refractivity contribution is 7.91. The van der Waals surface area contributed by atoms with Crippen LogP contribution in [0.1, 0.15) is 13.3 Å². The molecule has 2 aliphatic heterocycles. The minimum absolute atomic E-state index is 0.0574. The molecular formula is C17H26N3O4S+. The van der Waals surface area contributed by atoms with Crippen molar-refractivity contribution in [1.29, 1.82) is 0 Å². The average molecular weight is 368 g/mol. The average Bonchev–Trinajstić information content (AvgIpc) is 2.93. The Hall–Kier alpha value is -1.80. The van der Waals surface area contributed by atoms with Gasteiger partial charge in [-0.05, 0) is 25.5 Å². The van der Waals surface area contributed by atoms with Crippen LogP contribution in [0.25, 0.3) is 0 Å². The van der Waals surface area contributed by atoms with Crippen LogP contribution >= 0.6 is 0 Å². The number of phenols is 1. The van der Waals surface area contributed by atoms with Crippen molar-refractivity contribution in [2.24, 2.45) is 0 Å². The highest BCUT2D eigenvalue weighted by Crippen LogP contribution is 2.26. The Morgan fingerprint density at radius 1 is 1.32 bits per heavy atom. The predicted octanol–water partition coefficient (Wildman–Crippen LogP) is -1.21. The number of benzene rings is 1. The monoisotopic (exact) mass is 368 g/mol. The molecule has 0 saturated carbocycles. The number of rotatable bonds is 4. The SMILES string of the molecule is C[C@H](C(=O)N[C@@H]1CCS(=O)(=O)C1)[NH+]1CCN(c2ccccc2O)CC1. The quantitative estimate of drug-likeness (QED) is 0.620. The molecule has 25 heavy (non-hydrogen) atoms. The number of hydrogen-bond acceptors (Lipinski definition) is 5. The number of piperazine rings is 1. The topological polar surface area (TPSA) is 91.2 Å². The summed E-state index contributed by atoms with van der Waals surface area (Å²) >= 11 is 0. The third-order valence-corrected chi connectivity index (χ3v) is 6.98. The van der Waals surface area contributed by atoms with Crippen LogP contribution in [-0.2, 0) is 14.6 Å². The first-order valence-corrected chi connectivity index (χ1v) is 10.6. The van der Waals surface area contributed by atoms with Gasteiger partial charge in [0.15, 0.2) is 15.9 Å². The molecule has 138 valence electrons. The van der Waals surface area contributed by atoms with E-state index in [2.05, 4.69) is 10.2 Å². The molecule has 1 amide bonds. The largest absolute Gasteiger partial charge is 0.506 e. The summed E-state index contributed by atoms with van der Waals surface area (Å²) in [5.74, 6) is 0.424. The van der Waals surface area contributed by atoms with E-state index in [0.717, 1.165) is 31.9 Å². The van der Waals surface area contributed by atoms with Crippen molar-refractivity contribution in [2.75, 3.05) is 42.6 Å². The summed E-state index contributed by atoms with van der Waals surface area (Å²) in [7, 11) is -2.99. The van der Waals surface area contributed by atoms with Gasteiger partial charge < -0.3 is 20.2 Å². The van der Waals surface area contributed by atoms with E-state index >= 15 is 0 Å². The summed E-state index contributed by atoms with van der Waals surface area (Å²) in [4.78, 5) is 15.8. The second kappa shape index (κ2) is 7.21. The van der Waals surface area contributed by atoms with Crippen molar-refractivity contribution in [3.8, 4) is 5.75 Å². The smallest absolute Gasteiger partial charge is 0.278 e. The number of amides is 1. The minimum Gasteiger partial charge on any atom is -0.506 e. The van der Waals surface area contributed by atoms with Crippen molar-refractivity contribution in [3.05, 3.63) is 24.3 Å². The van der Waals surface area contributed by atoms with Gasteiger partial charge in [0.2, 0.25) is 0 Å². The second-order valence-corrected chi connectivity index (χ2v) is 9.19. The van der Waals surface area contributed by atoms with Crippen LogP contribution in [0, 0.1) is 0 Å². The minimum atomic E-state index is -2.99. The van der Waals surface area contributed by atoms with E-state index in [4.69, 9.17) is 0 Å². The normalized spacial score (nSPS) is 24.8. The van der Waals surface area contributed by atoms with Crippen LogP contribution in [0.4, 0.5) is 5.69 Å². The zero-order valence-corrected chi connectivity index (χ0v) is 15.3. The first kappa shape index (κ1) is 18.0. The van der Waals surface area contributed by atoms with Gasteiger partial charge in [-0.15, -0.1) is 0 Å². The number of carbonyl (C=O) groups is 1. The van der Waals surface area contributed by atoms with Gasteiger partial charge in [-0.3, -0.25) is 4.79 Å². The van der Waals surface area contributed by atoms with Crippen molar-refractivity contribution < 1.29 is 23.2 Å². The second-order valence-electron chi connectivity index (χ2n) is 6.96. The van der Waals surface area contributed by atoms with Gasteiger partial charge >= 0.3 is 0 Å². The first-order chi connectivity index (χ1) is 11.9. The molecular weight excluding hydrogens is 342 g/mol. The number of nitrogens with zero attached hydrogens (tertiary/aromatic N) is 1. The zero-order chi connectivity index (χ0) is 18.0. The number of carbonyl (C=O) groups excluding carboxylic acids is 1. The van der Waals surface area contributed by atoms with Crippen LogP contribution in [-0.4, -0.2) is 69.2 Å². The number of sulfone groups is 1. The summed E-state index contributed by atoms with van der Waals surface area (Å²) < 4.78 is 23.0. The van der Waals surface area contributed by atoms with Crippen molar-refractivity contribution in [1.82, 2.24) is 5.32 Å². The molecule has 7 nitrogen and oxygen atoms in total. The number of para-hydroxylation sites is 2. The van der Waals surface area contributed by atoms with E-state index < -0.39 is 9.84 Å². The molecule has 0 bridgehead atoms. The van der Waals surface area contributed by atoms with E-state index in [1.807, 2.05) is 19.1 Å². The highest BCUT2D eigenvalue weighted by atomic mass is 32.2. The number of quaternary nitrogens is 1. The standard InChI is InChI=1S/C17H25N3O4S/c1-13(17(22)18-14-6-11-25(23,24)12-14)19-7-9-20(10-8-19)15-4-2-3-5-16(15)21/h2-5,13-14,21H,6-12H2,1H3,(H,18,22)/p+1/t13-,14-/m1/s1. The number of phenolic OH excluding ortho intramolecular Hbond substituents is 1. The summed E-state index contributed by atoms with van der Waals surface area (Å²) in [5, 5.41) is 12.9. The third kappa shape index (κ3) is 4.24. The maximum absolute atomic E-state index is 12.4. The van der Waals surface area contributed by atoms with Gasteiger partial charge in [0, 0.05) is 6.04 Å². The van der Waals surface area contributed by atoms with E-state index in [1.54, 1.807) is 12.1 Å². The Balaban J connectivity index is 1.52. The van der Waals surface area contributed by atoms with E-state index in [9.17, 15) is 18.3 Å². The molecule has 2 atom stereocenters. The molecule has 2 fully saturated rings. The summed E-state index contributed by atoms with van der Waals surface area (Å²) in [6.45, 7) is 5.02. The van der Waals surface area contributed by atoms with Crippen molar-refractivity contribution in [2.45, 2.75) is 25.4 Å². The fourth-order valence-corrected chi connectivity index (χ4v) is 5.29. The molecule has 0 aromatic heterocycles. The van der Waals surface area contributed by atoms with Crippen LogP contribution in [0.3, 0.4) is 0 Å². The number of anilines is 1. The lowest BCUT2D eigenvalue weighted by Gasteiger charge is -2.36. The van der Waals surface area contributed by atoms with Gasteiger partial charge in [-0.1, -0.05) is 12.1 Å². The van der Waals surface area contributed by atoms with Gasteiger partial charge in [0.1, 0.15) is 5.75 Å². The molecule has 1 aromatic carbocycles. The maximum Gasteiger partial charge on any atom is 0.278 e. The third-order valence-electron chi connectivity index (χ3n) is 5.21. The Morgan fingerprint density at radius 2 is 2.00 bits per heavy atom. The molecule has 2 saturated heterocycles. The summed E-state index contributed by atoms with van der Waals surface area (Å²) in [6.07, 6.45) is 0.511. The van der Waals surface area contributed by atoms with Crippen LogP contribution in [0.5, 0.6) is 5.75 Å². The molecule has 0 aliphatic carbocycles. The number of aromatic hydroxyl groups is 1. The molecule has 2 aliphatic rings. The fourth-order valence-electron chi connectivity index (χ4n) is 3.62. The lowest BCUT2D eigenvalue weighted by Crippen LogP contribution is -3.19. The predicted molar refractivity (Wildman–Crippen MR) is 95.7 cm³/mol. The lowest BCUT2D eigenvalue weighted by molar-refractivity contribution is -0.914. The molecule has 2 heterocycles. The molecule has 8 heteroatoms. The summed E-state index contributed by atoms with van der Waals surface area (Å²) in [5.41, 5.74) is 0.829. The fraction of sp³-hybridized carbons (Fsp3) is 0.588. The molecule has 3 N–H and O–H groups in total. The number of nitrogens with one attached hydrogen (secondary N) is 2. The van der Waals surface area contributed by atoms with E-state index in [1.165, 1.54) is 4.90 Å². The molecule has 0 unspecified atom stereocenters. The Morgan fingerprint density at radius 3 is 2.60 bits per heavy atom. The highest BCUT2D eigenvalue weighted by Gasteiger charge is 2.34. The van der Waals surface area contributed by atoms with Crippen LogP contribution < -0.4 is 15.1 Å². The van der Waals surface area contributed by atoms with Crippen LogP contribution in [0.15, 0.2) is 24.3 Å². The van der Waals surface area contributed by atoms with Gasteiger partial charge in [-0.2, -0.15) is 0 Å². The zero-order valence-electron chi connectivity index (χ0n) is 14.4. The molecule has 0 radical (unpaired) electrons. The molecule has 3 rings (SSSR count). The molecule has 0 spiro atoms. The molecule has 1 aromatic rings. The maximum atomic E-state index is 12.4. The van der Waals surface area contributed by atoms with Gasteiger partial charge in [0.05, 0.1) is 43.4 Å². The Labute approximate surface area is 148 Å². The van der Waals surface area contributed by atoms with Crippen LogP contribution in [0.2, 0.25) is 0 Å². The van der Waals surface area contributed by atoms with Gasteiger partial charge in [-0.25, -0.2) is 8.42 Å². The van der Waals surface area contributed by atoms with Crippen molar-refractivity contribution in [3.63, 3.8) is 0 Å².